The standard InChI is InChI=1S/C14H10N2O2/c17-14(16-8-4-5-9-16)12-10-18-15-13(12)11-6-2-1-3-7-11/h1-10H. The van der Waals surface area contributed by atoms with E-state index in [-0.39, 0.29) is 5.91 Å². The van der Waals surface area contributed by atoms with Crippen LogP contribution in [-0.4, -0.2) is 15.6 Å². The monoisotopic (exact) mass is 238 g/mol. The largest absolute Gasteiger partial charge is 0.363 e. The average Bonchev–Trinajstić information content (AvgIpc) is 3.10. The Morgan fingerprint density at radius 1 is 1.06 bits per heavy atom. The summed E-state index contributed by atoms with van der Waals surface area (Å²) in [5, 5.41) is 3.91. The van der Waals surface area contributed by atoms with Crippen LogP contribution in [0.3, 0.4) is 0 Å². The molecule has 0 N–H and O–H groups in total. The third kappa shape index (κ3) is 1.73. The molecule has 0 unspecified atom stereocenters. The molecule has 2 aromatic heterocycles. The van der Waals surface area contributed by atoms with Crippen LogP contribution in [0, 0.1) is 0 Å². The van der Waals surface area contributed by atoms with Gasteiger partial charge in [0.2, 0.25) is 0 Å². The Labute approximate surface area is 103 Å². The zero-order valence-corrected chi connectivity index (χ0v) is 9.48. The van der Waals surface area contributed by atoms with E-state index in [9.17, 15) is 4.79 Å². The van der Waals surface area contributed by atoms with Crippen molar-refractivity contribution >= 4 is 5.91 Å². The maximum atomic E-state index is 12.2. The second-order valence-corrected chi connectivity index (χ2v) is 3.84. The van der Waals surface area contributed by atoms with E-state index < -0.39 is 0 Å². The van der Waals surface area contributed by atoms with Gasteiger partial charge >= 0.3 is 0 Å². The summed E-state index contributed by atoms with van der Waals surface area (Å²) in [6.07, 6.45) is 4.78. The number of rotatable bonds is 2. The number of benzene rings is 1. The molecule has 0 spiro atoms. The highest BCUT2D eigenvalue weighted by molar-refractivity contribution is 6.00. The molecule has 0 amide bonds. The third-order valence-electron chi connectivity index (χ3n) is 2.69. The fourth-order valence-corrected chi connectivity index (χ4v) is 1.80. The van der Waals surface area contributed by atoms with Crippen molar-refractivity contribution in [2.75, 3.05) is 0 Å². The lowest BCUT2D eigenvalue weighted by atomic mass is 10.1. The second-order valence-electron chi connectivity index (χ2n) is 3.84. The second kappa shape index (κ2) is 4.33. The van der Waals surface area contributed by atoms with Gasteiger partial charge in [0.25, 0.3) is 5.91 Å². The lowest BCUT2D eigenvalue weighted by molar-refractivity contribution is 0.0960. The molecule has 0 fully saturated rings. The minimum Gasteiger partial charge on any atom is -0.363 e. The summed E-state index contributed by atoms with van der Waals surface area (Å²) in [5.41, 5.74) is 1.88. The molecule has 0 aliphatic heterocycles. The summed E-state index contributed by atoms with van der Waals surface area (Å²) in [7, 11) is 0. The molecule has 4 heteroatoms. The van der Waals surface area contributed by atoms with E-state index in [4.69, 9.17) is 4.52 Å². The first-order valence-corrected chi connectivity index (χ1v) is 5.54. The van der Waals surface area contributed by atoms with Crippen molar-refractivity contribution in [3.05, 3.63) is 66.7 Å². The Hall–Kier alpha value is -2.62. The van der Waals surface area contributed by atoms with E-state index >= 15 is 0 Å². The fraction of sp³-hybridized carbons (Fsp3) is 0. The molecule has 0 saturated carbocycles. The van der Waals surface area contributed by atoms with Gasteiger partial charge in [-0.15, -0.1) is 0 Å². The normalized spacial score (nSPS) is 10.4. The molecule has 2 heterocycles. The molecule has 3 aromatic rings. The lowest BCUT2D eigenvalue weighted by Gasteiger charge is -2.01. The molecular formula is C14H10N2O2. The highest BCUT2D eigenvalue weighted by atomic mass is 16.5. The highest BCUT2D eigenvalue weighted by Gasteiger charge is 2.18. The molecule has 0 aliphatic rings. The Morgan fingerprint density at radius 3 is 2.50 bits per heavy atom. The summed E-state index contributed by atoms with van der Waals surface area (Å²) >= 11 is 0. The predicted molar refractivity (Wildman–Crippen MR) is 66.1 cm³/mol. The van der Waals surface area contributed by atoms with Gasteiger partial charge in [-0.1, -0.05) is 35.5 Å². The number of hydrogen-bond acceptors (Lipinski definition) is 3. The van der Waals surface area contributed by atoms with Crippen LogP contribution in [0.5, 0.6) is 0 Å². The first-order chi connectivity index (χ1) is 8.86. The van der Waals surface area contributed by atoms with Crippen molar-refractivity contribution in [2.45, 2.75) is 0 Å². The number of aromatic nitrogens is 2. The minimum atomic E-state index is -0.153. The molecule has 0 bridgehead atoms. The molecule has 0 saturated heterocycles. The first-order valence-electron chi connectivity index (χ1n) is 5.54. The first kappa shape index (κ1) is 10.5. The van der Waals surface area contributed by atoms with Gasteiger partial charge in [-0.05, 0) is 12.1 Å². The topological polar surface area (TPSA) is 48.0 Å². The van der Waals surface area contributed by atoms with Crippen LogP contribution < -0.4 is 0 Å². The van der Waals surface area contributed by atoms with Crippen molar-refractivity contribution in [3.8, 4) is 11.3 Å². The van der Waals surface area contributed by atoms with Gasteiger partial charge in [-0.2, -0.15) is 0 Å². The molecule has 1 aromatic carbocycles. The average molecular weight is 238 g/mol. The molecule has 0 radical (unpaired) electrons. The highest BCUT2D eigenvalue weighted by Crippen LogP contribution is 2.22. The van der Waals surface area contributed by atoms with E-state index in [1.165, 1.54) is 10.8 Å². The number of hydrogen-bond donors (Lipinski definition) is 0. The summed E-state index contributed by atoms with van der Waals surface area (Å²) in [4.78, 5) is 12.2. The summed E-state index contributed by atoms with van der Waals surface area (Å²) in [5.74, 6) is -0.153. The Balaban J connectivity index is 2.05. The predicted octanol–water partition coefficient (Wildman–Crippen LogP) is 2.83. The van der Waals surface area contributed by atoms with Gasteiger partial charge in [0.1, 0.15) is 17.5 Å². The molecule has 0 aliphatic carbocycles. The van der Waals surface area contributed by atoms with Gasteiger partial charge < -0.3 is 4.52 Å². The Morgan fingerprint density at radius 2 is 1.78 bits per heavy atom. The Bertz CT molecular complexity index is 654. The maximum absolute atomic E-state index is 12.2. The number of carbonyl (C=O) groups is 1. The summed E-state index contributed by atoms with van der Waals surface area (Å²) in [6, 6.07) is 13.1. The molecule has 18 heavy (non-hydrogen) atoms. The SMILES string of the molecule is O=C(c1conc1-c1ccccc1)n1cccc1. The van der Waals surface area contributed by atoms with Crippen LogP contribution in [0.15, 0.2) is 65.6 Å². The zero-order chi connectivity index (χ0) is 12.4. The van der Waals surface area contributed by atoms with Crippen LogP contribution in [0.2, 0.25) is 0 Å². The maximum Gasteiger partial charge on any atom is 0.267 e. The molecule has 88 valence electrons. The van der Waals surface area contributed by atoms with Crippen molar-refractivity contribution in [3.63, 3.8) is 0 Å². The van der Waals surface area contributed by atoms with E-state index in [2.05, 4.69) is 5.16 Å². The van der Waals surface area contributed by atoms with E-state index in [0.29, 0.717) is 11.3 Å². The molecule has 0 atom stereocenters. The van der Waals surface area contributed by atoms with Crippen LogP contribution in [-0.2, 0) is 0 Å². The van der Waals surface area contributed by atoms with E-state index in [0.717, 1.165) is 5.56 Å². The van der Waals surface area contributed by atoms with Crippen LogP contribution >= 0.6 is 0 Å². The number of nitrogens with zero attached hydrogens (tertiary/aromatic N) is 2. The Kier molecular flexibility index (Phi) is 2.53. The third-order valence-corrected chi connectivity index (χ3v) is 2.69. The molecular weight excluding hydrogens is 228 g/mol. The van der Waals surface area contributed by atoms with Gasteiger partial charge in [0.05, 0.1) is 0 Å². The number of carbonyl (C=O) groups excluding carboxylic acids is 1. The van der Waals surface area contributed by atoms with Crippen molar-refractivity contribution < 1.29 is 9.32 Å². The van der Waals surface area contributed by atoms with Gasteiger partial charge in [-0.25, -0.2) is 0 Å². The van der Waals surface area contributed by atoms with E-state index in [1.54, 1.807) is 24.5 Å². The lowest BCUT2D eigenvalue weighted by Crippen LogP contribution is -2.09. The molecule has 3 rings (SSSR count). The van der Waals surface area contributed by atoms with Gasteiger partial charge in [0, 0.05) is 18.0 Å². The van der Waals surface area contributed by atoms with Crippen LogP contribution in [0.1, 0.15) is 10.4 Å². The quantitative estimate of drug-likeness (QED) is 0.689. The van der Waals surface area contributed by atoms with Crippen LogP contribution in [0.4, 0.5) is 0 Å². The van der Waals surface area contributed by atoms with Crippen molar-refractivity contribution in [1.29, 1.82) is 0 Å². The van der Waals surface area contributed by atoms with Gasteiger partial charge in [0.15, 0.2) is 0 Å². The smallest absolute Gasteiger partial charge is 0.267 e. The van der Waals surface area contributed by atoms with Crippen molar-refractivity contribution in [1.82, 2.24) is 9.72 Å². The zero-order valence-electron chi connectivity index (χ0n) is 9.48. The van der Waals surface area contributed by atoms with E-state index in [1.807, 2.05) is 30.3 Å². The van der Waals surface area contributed by atoms with Crippen molar-refractivity contribution in [2.24, 2.45) is 0 Å². The minimum absolute atomic E-state index is 0.153. The summed E-state index contributed by atoms with van der Waals surface area (Å²) < 4.78 is 6.43. The van der Waals surface area contributed by atoms with Gasteiger partial charge in [-0.3, -0.25) is 9.36 Å². The molecule has 4 nitrogen and oxygen atoms in total. The fourth-order valence-electron chi connectivity index (χ4n) is 1.80. The van der Waals surface area contributed by atoms with Crippen LogP contribution in [0.25, 0.3) is 11.3 Å². The summed E-state index contributed by atoms with van der Waals surface area (Å²) in [6.45, 7) is 0.